The van der Waals surface area contributed by atoms with Crippen molar-refractivity contribution in [2.45, 2.75) is 44.7 Å². The highest BCUT2D eigenvalue weighted by molar-refractivity contribution is 5.96. The molecule has 0 unspecified atom stereocenters. The van der Waals surface area contributed by atoms with E-state index in [4.69, 9.17) is 4.74 Å². The average molecular weight is 427 g/mol. The van der Waals surface area contributed by atoms with E-state index >= 15 is 0 Å². The maximum atomic E-state index is 12.5. The molecule has 2 aromatic rings. The van der Waals surface area contributed by atoms with Crippen LogP contribution in [-0.2, 0) is 11.3 Å². The van der Waals surface area contributed by atoms with E-state index in [2.05, 4.69) is 28.6 Å². The number of carbonyl (C=O) groups excluding carboxylic acids is 1. The van der Waals surface area contributed by atoms with Gasteiger partial charge in [0.25, 0.3) is 5.69 Å². The topological polar surface area (TPSA) is 96.7 Å². The van der Waals surface area contributed by atoms with E-state index in [-0.39, 0.29) is 23.8 Å². The number of carbonyl (C=O) groups is 1. The Balaban J connectivity index is 1.61. The second-order valence-corrected chi connectivity index (χ2v) is 7.91. The summed E-state index contributed by atoms with van der Waals surface area (Å²) in [6.45, 7) is 0.812. The van der Waals surface area contributed by atoms with Crippen molar-refractivity contribution in [1.82, 2.24) is 4.90 Å². The molecule has 2 aromatic carbocycles. The molecule has 31 heavy (non-hydrogen) atoms. The maximum Gasteiger partial charge on any atom is 0.296 e. The molecule has 0 spiro atoms. The summed E-state index contributed by atoms with van der Waals surface area (Å²) < 4.78 is 5.03. The minimum absolute atomic E-state index is 0.00728. The fourth-order valence-corrected chi connectivity index (χ4v) is 4.02. The lowest BCUT2D eigenvalue weighted by Gasteiger charge is -2.31. The van der Waals surface area contributed by atoms with E-state index in [9.17, 15) is 14.9 Å². The van der Waals surface area contributed by atoms with Gasteiger partial charge in [-0.1, -0.05) is 37.5 Å². The molecule has 1 saturated carbocycles. The molecule has 0 atom stereocenters. The summed E-state index contributed by atoms with van der Waals surface area (Å²) in [6.07, 6.45) is 6.35. The van der Waals surface area contributed by atoms with Gasteiger partial charge in [-0.25, -0.2) is 0 Å². The van der Waals surface area contributed by atoms with Gasteiger partial charge in [0.1, 0.15) is 11.4 Å². The van der Waals surface area contributed by atoms with Crippen LogP contribution in [-0.4, -0.2) is 42.5 Å². The van der Waals surface area contributed by atoms with E-state index in [1.807, 2.05) is 18.2 Å². The van der Waals surface area contributed by atoms with Crippen LogP contribution in [0.5, 0.6) is 5.75 Å². The van der Waals surface area contributed by atoms with Gasteiger partial charge >= 0.3 is 0 Å². The molecule has 2 N–H and O–H groups in total. The first-order valence-corrected chi connectivity index (χ1v) is 10.6. The van der Waals surface area contributed by atoms with Crippen molar-refractivity contribution in [3.63, 3.8) is 0 Å². The average Bonchev–Trinajstić information content (AvgIpc) is 2.79. The van der Waals surface area contributed by atoms with Crippen LogP contribution in [0.25, 0.3) is 0 Å². The zero-order valence-corrected chi connectivity index (χ0v) is 18.1. The van der Waals surface area contributed by atoms with Crippen molar-refractivity contribution in [3.05, 3.63) is 58.1 Å². The SMILES string of the molecule is COc1ccc(NC(=O)CNc2ccccc2CN(C)C2CCCCC2)c([N+](=O)[O-])c1. The second-order valence-electron chi connectivity index (χ2n) is 7.91. The van der Waals surface area contributed by atoms with E-state index in [0.717, 1.165) is 17.8 Å². The molecule has 0 bridgehead atoms. The molecular formula is C23H30N4O4. The van der Waals surface area contributed by atoms with Gasteiger partial charge in [0.15, 0.2) is 0 Å². The van der Waals surface area contributed by atoms with Crippen LogP contribution in [0.4, 0.5) is 17.1 Å². The predicted octanol–water partition coefficient (Wildman–Crippen LogP) is 4.42. The highest BCUT2D eigenvalue weighted by atomic mass is 16.6. The van der Waals surface area contributed by atoms with Gasteiger partial charge in [-0.05, 0) is 43.7 Å². The number of benzene rings is 2. The Morgan fingerprint density at radius 3 is 2.61 bits per heavy atom. The largest absolute Gasteiger partial charge is 0.496 e. The van der Waals surface area contributed by atoms with Crippen molar-refractivity contribution < 1.29 is 14.5 Å². The lowest BCUT2D eigenvalue weighted by atomic mass is 9.94. The first kappa shape index (κ1) is 22.6. The number of methoxy groups -OCH3 is 1. The van der Waals surface area contributed by atoms with Crippen molar-refractivity contribution in [3.8, 4) is 5.75 Å². The van der Waals surface area contributed by atoms with Crippen LogP contribution in [0, 0.1) is 10.1 Å². The quantitative estimate of drug-likeness (QED) is 0.455. The predicted molar refractivity (Wildman–Crippen MR) is 122 cm³/mol. The van der Waals surface area contributed by atoms with Gasteiger partial charge < -0.3 is 15.4 Å². The summed E-state index contributed by atoms with van der Waals surface area (Å²) >= 11 is 0. The van der Waals surface area contributed by atoms with E-state index in [1.165, 1.54) is 51.3 Å². The number of para-hydroxylation sites is 1. The highest BCUT2D eigenvalue weighted by Crippen LogP contribution is 2.29. The molecule has 0 radical (unpaired) electrons. The zero-order chi connectivity index (χ0) is 22.2. The number of nitro groups is 1. The van der Waals surface area contributed by atoms with Crippen LogP contribution in [0.1, 0.15) is 37.7 Å². The third kappa shape index (κ3) is 6.18. The summed E-state index contributed by atoms with van der Waals surface area (Å²) in [6, 6.07) is 12.9. The molecule has 3 rings (SSSR count). The first-order valence-electron chi connectivity index (χ1n) is 10.6. The zero-order valence-electron chi connectivity index (χ0n) is 18.1. The molecule has 8 nitrogen and oxygen atoms in total. The molecule has 8 heteroatoms. The molecule has 1 aliphatic rings. The minimum Gasteiger partial charge on any atom is -0.496 e. The number of ether oxygens (including phenoxy) is 1. The summed E-state index contributed by atoms with van der Waals surface area (Å²) in [7, 11) is 3.59. The summed E-state index contributed by atoms with van der Waals surface area (Å²) in [5.74, 6) is 0.00235. The summed E-state index contributed by atoms with van der Waals surface area (Å²) in [5, 5.41) is 17.1. The molecule has 0 aromatic heterocycles. The Morgan fingerprint density at radius 2 is 1.90 bits per heavy atom. The Bertz CT molecular complexity index is 912. The van der Waals surface area contributed by atoms with Gasteiger partial charge in [-0.3, -0.25) is 19.8 Å². The molecule has 166 valence electrons. The van der Waals surface area contributed by atoms with Gasteiger partial charge in [0, 0.05) is 18.3 Å². The van der Waals surface area contributed by atoms with E-state index in [1.54, 1.807) is 6.07 Å². The number of nitro benzene ring substituents is 1. The van der Waals surface area contributed by atoms with Crippen LogP contribution in [0.2, 0.25) is 0 Å². The number of nitrogens with zero attached hydrogens (tertiary/aromatic N) is 2. The molecule has 0 heterocycles. The van der Waals surface area contributed by atoms with E-state index in [0.29, 0.717) is 11.8 Å². The lowest BCUT2D eigenvalue weighted by molar-refractivity contribution is -0.384. The van der Waals surface area contributed by atoms with Gasteiger partial charge in [-0.15, -0.1) is 0 Å². The van der Waals surface area contributed by atoms with Gasteiger partial charge in [-0.2, -0.15) is 0 Å². The fraction of sp³-hybridized carbons (Fsp3) is 0.435. The molecular weight excluding hydrogens is 396 g/mol. The van der Waals surface area contributed by atoms with Crippen molar-refractivity contribution in [1.29, 1.82) is 0 Å². The van der Waals surface area contributed by atoms with Crippen molar-refractivity contribution in [2.75, 3.05) is 31.3 Å². The number of hydrogen-bond donors (Lipinski definition) is 2. The molecule has 0 saturated heterocycles. The number of amides is 1. The normalized spacial score (nSPS) is 14.3. The van der Waals surface area contributed by atoms with Crippen LogP contribution >= 0.6 is 0 Å². The molecule has 0 aliphatic heterocycles. The first-order chi connectivity index (χ1) is 15.0. The number of hydrogen-bond acceptors (Lipinski definition) is 6. The Morgan fingerprint density at radius 1 is 1.16 bits per heavy atom. The Hall–Kier alpha value is -3.13. The van der Waals surface area contributed by atoms with E-state index < -0.39 is 4.92 Å². The third-order valence-corrected chi connectivity index (χ3v) is 5.75. The van der Waals surface area contributed by atoms with Gasteiger partial charge in [0.2, 0.25) is 5.91 Å². The third-order valence-electron chi connectivity index (χ3n) is 5.75. The van der Waals surface area contributed by atoms with Crippen LogP contribution in [0.3, 0.4) is 0 Å². The minimum atomic E-state index is -0.540. The van der Waals surface area contributed by atoms with Crippen molar-refractivity contribution >= 4 is 23.0 Å². The Labute approximate surface area is 182 Å². The van der Waals surface area contributed by atoms with Crippen LogP contribution in [0.15, 0.2) is 42.5 Å². The monoisotopic (exact) mass is 426 g/mol. The summed E-state index contributed by atoms with van der Waals surface area (Å²) in [5.41, 5.74) is 1.95. The summed E-state index contributed by atoms with van der Waals surface area (Å²) in [4.78, 5) is 25.6. The standard InChI is InChI=1S/C23H30N4O4/c1-26(18-9-4-3-5-10-18)16-17-8-6-7-11-20(17)24-15-23(28)25-21-13-12-19(31-2)14-22(21)27(29)30/h6-8,11-14,18,24H,3-5,9-10,15-16H2,1-2H3,(H,25,28). The second kappa shape index (κ2) is 10.8. The maximum absolute atomic E-state index is 12.5. The smallest absolute Gasteiger partial charge is 0.296 e. The lowest BCUT2D eigenvalue weighted by Crippen LogP contribution is -2.33. The fourth-order valence-electron chi connectivity index (χ4n) is 4.02. The van der Waals surface area contributed by atoms with Crippen molar-refractivity contribution in [2.24, 2.45) is 0 Å². The van der Waals surface area contributed by atoms with Crippen LogP contribution < -0.4 is 15.4 Å². The highest BCUT2D eigenvalue weighted by Gasteiger charge is 2.20. The molecule has 1 amide bonds. The van der Waals surface area contributed by atoms with Gasteiger partial charge in [0.05, 0.1) is 24.6 Å². The number of nitrogens with one attached hydrogen (secondary N) is 2. The Kier molecular flexibility index (Phi) is 7.83. The molecule has 1 fully saturated rings. The molecule has 1 aliphatic carbocycles. The number of anilines is 2. The number of rotatable bonds is 9.